The molecule has 3 nitrogen and oxygen atoms in total. The summed E-state index contributed by atoms with van der Waals surface area (Å²) in [5.74, 6) is 0.907. The molecular formula is C45H37NO2S2. The normalized spacial score (nSPS) is 21.9. The zero-order chi connectivity index (χ0) is 33.5. The first-order valence-corrected chi connectivity index (χ1v) is 20.2. The highest BCUT2D eigenvalue weighted by atomic mass is 32.2. The molecule has 2 fully saturated rings. The Kier molecular flexibility index (Phi) is 6.88. The number of benzene rings is 6. The minimum Gasteiger partial charge on any atom is -0.310 e. The van der Waals surface area contributed by atoms with E-state index in [-0.39, 0.29) is 5.41 Å². The number of hydrogen-bond donors (Lipinski definition) is 0. The Balaban J connectivity index is 1.17. The summed E-state index contributed by atoms with van der Waals surface area (Å²) < 4.78 is 32.0. The lowest BCUT2D eigenvalue weighted by atomic mass is 9.49. The fourth-order valence-corrected chi connectivity index (χ4v) is 13.0. The highest BCUT2D eigenvalue weighted by Crippen LogP contribution is 2.62. The molecule has 246 valence electrons. The molecule has 0 atom stereocenters. The number of fused-ring (bicyclic) bond motifs is 5. The molecule has 0 unspecified atom stereocenters. The maximum Gasteiger partial charge on any atom is 0.207 e. The van der Waals surface area contributed by atoms with Gasteiger partial charge in [0.05, 0.1) is 9.79 Å². The van der Waals surface area contributed by atoms with Gasteiger partial charge in [0.25, 0.3) is 0 Å². The molecule has 2 heterocycles. The van der Waals surface area contributed by atoms with Crippen LogP contribution in [0.15, 0.2) is 149 Å². The van der Waals surface area contributed by atoms with Crippen LogP contribution >= 0.6 is 11.3 Å². The fraction of sp³-hybridized carbons (Fsp3) is 0.200. The number of hydrogen-bond acceptors (Lipinski definition) is 4. The Morgan fingerprint density at radius 3 is 2.02 bits per heavy atom. The van der Waals surface area contributed by atoms with Gasteiger partial charge in [0.2, 0.25) is 9.84 Å². The lowest BCUT2D eigenvalue weighted by molar-refractivity contribution is 0.0783. The molecule has 1 spiro atoms. The minimum absolute atomic E-state index is 0.257. The van der Waals surface area contributed by atoms with Gasteiger partial charge < -0.3 is 4.90 Å². The van der Waals surface area contributed by atoms with Crippen molar-refractivity contribution in [2.75, 3.05) is 4.90 Å². The van der Waals surface area contributed by atoms with Crippen LogP contribution in [0.2, 0.25) is 0 Å². The standard InChI is InChI=1S/C45H37NO2S2/c47-50(48)42-25-7-5-23-39(42)45(31-13-9-14-32(45)16-10-15-31)40-27-26-35(29-43(40)50)46(33-17-2-1-3-18-33)34-19-8-12-30(28-34)36-21-11-22-38-37-20-4-6-24-41(37)49-44(36)38/h1-8,11-12,17-29,31-32H,9-10,13-16H2. The van der Waals surface area contributed by atoms with Gasteiger partial charge in [0.1, 0.15) is 0 Å². The van der Waals surface area contributed by atoms with E-state index in [1.165, 1.54) is 38.6 Å². The van der Waals surface area contributed by atoms with Gasteiger partial charge in [-0.05, 0) is 108 Å². The van der Waals surface area contributed by atoms with E-state index in [9.17, 15) is 8.42 Å². The Morgan fingerprint density at radius 2 is 1.20 bits per heavy atom. The SMILES string of the molecule is O=S1(=O)c2ccccc2C2(c3ccc(N(c4ccccc4)c4cccc(-c5cccc6c5sc5ccccc56)c4)cc31)C1CCCC2CCC1. The van der Waals surface area contributed by atoms with Crippen LogP contribution in [0.3, 0.4) is 0 Å². The summed E-state index contributed by atoms with van der Waals surface area (Å²) in [6.45, 7) is 0. The summed E-state index contributed by atoms with van der Waals surface area (Å²) in [5.41, 5.74) is 6.97. The van der Waals surface area contributed by atoms with Crippen molar-refractivity contribution < 1.29 is 8.42 Å². The molecule has 2 bridgehead atoms. The quantitative estimate of drug-likeness (QED) is 0.185. The van der Waals surface area contributed by atoms with Gasteiger partial charge in [0.15, 0.2) is 0 Å². The van der Waals surface area contributed by atoms with E-state index in [1.54, 1.807) is 0 Å². The summed E-state index contributed by atoms with van der Waals surface area (Å²) >= 11 is 1.84. The summed E-state index contributed by atoms with van der Waals surface area (Å²) in [6.07, 6.45) is 7.08. The summed E-state index contributed by atoms with van der Waals surface area (Å²) in [4.78, 5) is 3.21. The smallest absolute Gasteiger partial charge is 0.207 e. The molecule has 2 saturated carbocycles. The zero-order valence-electron chi connectivity index (χ0n) is 27.8. The van der Waals surface area contributed by atoms with Gasteiger partial charge in [-0.15, -0.1) is 11.3 Å². The van der Waals surface area contributed by atoms with Gasteiger partial charge in [0, 0.05) is 42.6 Å². The maximum atomic E-state index is 14.7. The maximum absolute atomic E-state index is 14.7. The molecule has 2 aliphatic carbocycles. The predicted molar refractivity (Wildman–Crippen MR) is 207 cm³/mol. The largest absolute Gasteiger partial charge is 0.310 e. The van der Waals surface area contributed by atoms with E-state index in [2.05, 4.69) is 102 Å². The third kappa shape index (κ3) is 4.29. The minimum atomic E-state index is -3.74. The van der Waals surface area contributed by atoms with Gasteiger partial charge in [-0.25, -0.2) is 8.42 Å². The first-order valence-electron chi connectivity index (χ1n) is 17.9. The van der Waals surface area contributed by atoms with Crippen molar-refractivity contribution in [3.8, 4) is 11.1 Å². The van der Waals surface area contributed by atoms with E-state index in [1.807, 2.05) is 53.8 Å². The van der Waals surface area contributed by atoms with Crippen molar-refractivity contribution in [2.24, 2.45) is 11.8 Å². The molecule has 7 aromatic rings. The van der Waals surface area contributed by atoms with E-state index in [4.69, 9.17) is 0 Å². The number of sulfone groups is 1. The second kappa shape index (κ2) is 11.4. The average Bonchev–Trinajstić information content (AvgIpc) is 3.54. The topological polar surface area (TPSA) is 37.4 Å². The Labute approximate surface area is 297 Å². The molecule has 0 radical (unpaired) electrons. The second-order valence-electron chi connectivity index (χ2n) is 14.3. The third-order valence-corrected chi connectivity index (χ3v) is 15.0. The van der Waals surface area contributed by atoms with Crippen molar-refractivity contribution in [3.05, 3.63) is 151 Å². The summed E-state index contributed by atoms with van der Waals surface area (Å²) in [6, 6.07) is 48.5. The monoisotopic (exact) mass is 687 g/mol. The molecule has 1 aliphatic heterocycles. The van der Waals surface area contributed by atoms with E-state index in [0.717, 1.165) is 59.4 Å². The first-order chi connectivity index (χ1) is 24.5. The van der Waals surface area contributed by atoms with Crippen molar-refractivity contribution in [2.45, 2.75) is 53.7 Å². The van der Waals surface area contributed by atoms with Gasteiger partial charge in [-0.3, -0.25) is 0 Å². The van der Waals surface area contributed by atoms with Crippen LogP contribution < -0.4 is 4.90 Å². The molecular weight excluding hydrogens is 651 g/mol. The first kappa shape index (κ1) is 30.1. The number of nitrogens with zero attached hydrogens (tertiary/aromatic N) is 1. The average molecular weight is 688 g/mol. The van der Waals surface area contributed by atoms with Crippen LogP contribution in [0.1, 0.15) is 49.7 Å². The lowest BCUT2D eigenvalue weighted by Gasteiger charge is -2.56. The van der Waals surface area contributed by atoms with E-state index < -0.39 is 9.84 Å². The molecule has 5 heteroatoms. The molecule has 3 aliphatic rings. The van der Waals surface area contributed by atoms with Gasteiger partial charge in [-0.1, -0.05) is 104 Å². The predicted octanol–water partition coefficient (Wildman–Crippen LogP) is 12.2. The number of thiophene rings is 1. The van der Waals surface area contributed by atoms with Crippen LogP contribution in [0.5, 0.6) is 0 Å². The van der Waals surface area contributed by atoms with Crippen LogP contribution in [0, 0.1) is 11.8 Å². The zero-order valence-corrected chi connectivity index (χ0v) is 29.4. The second-order valence-corrected chi connectivity index (χ2v) is 17.2. The van der Waals surface area contributed by atoms with E-state index in [0.29, 0.717) is 21.6 Å². The van der Waals surface area contributed by atoms with Gasteiger partial charge in [-0.2, -0.15) is 0 Å². The molecule has 1 aromatic heterocycles. The molecule has 6 aromatic carbocycles. The van der Waals surface area contributed by atoms with E-state index >= 15 is 0 Å². The lowest BCUT2D eigenvalue weighted by Crippen LogP contribution is -2.51. The molecule has 0 saturated heterocycles. The van der Waals surface area contributed by atoms with Crippen LogP contribution in [-0.2, 0) is 15.3 Å². The summed E-state index contributed by atoms with van der Waals surface area (Å²) in [5, 5.41) is 2.56. The Morgan fingerprint density at radius 1 is 0.560 bits per heavy atom. The van der Waals surface area contributed by atoms with Crippen molar-refractivity contribution in [1.29, 1.82) is 0 Å². The molecule has 10 rings (SSSR count). The Hall–Kier alpha value is -4.71. The summed E-state index contributed by atoms with van der Waals surface area (Å²) in [7, 11) is -3.74. The highest BCUT2D eigenvalue weighted by Gasteiger charge is 2.57. The molecule has 0 amide bonds. The Bertz CT molecular complexity index is 2530. The molecule has 50 heavy (non-hydrogen) atoms. The molecule has 0 N–H and O–H groups in total. The van der Waals surface area contributed by atoms with Crippen molar-refractivity contribution in [1.82, 2.24) is 0 Å². The van der Waals surface area contributed by atoms with Crippen LogP contribution in [-0.4, -0.2) is 8.42 Å². The van der Waals surface area contributed by atoms with Crippen LogP contribution in [0.25, 0.3) is 31.3 Å². The van der Waals surface area contributed by atoms with Gasteiger partial charge >= 0.3 is 0 Å². The van der Waals surface area contributed by atoms with Crippen molar-refractivity contribution >= 4 is 58.4 Å². The third-order valence-electron chi connectivity index (χ3n) is 11.9. The number of para-hydroxylation sites is 1. The van der Waals surface area contributed by atoms with Crippen LogP contribution in [0.4, 0.5) is 17.1 Å². The fourth-order valence-electron chi connectivity index (χ4n) is 9.97. The highest BCUT2D eigenvalue weighted by molar-refractivity contribution is 7.91. The number of rotatable bonds is 4. The number of anilines is 3. The van der Waals surface area contributed by atoms with Crippen molar-refractivity contribution in [3.63, 3.8) is 0 Å².